The molecule has 1 aromatic carbocycles. The lowest BCUT2D eigenvalue weighted by Crippen LogP contribution is -2.24. The molecule has 0 aliphatic heterocycles. The maximum atomic E-state index is 11.7. The highest BCUT2D eigenvalue weighted by molar-refractivity contribution is 5.91. The quantitative estimate of drug-likeness (QED) is 0.357. The van der Waals surface area contributed by atoms with Crippen molar-refractivity contribution in [2.75, 3.05) is 0 Å². The van der Waals surface area contributed by atoms with Gasteiger partial charge >= 0.3 is 0 Å². The maximum absolute atomic E-state index is 11.7. The molecular weight excluding hydrogens is 214 g/mol. The second kappa shape index (κ2) is 4.57. The van der Waals surface area contributed by atoms with Crippen molar-refractivity contribution in [3.63, 3.8) is 0 Å². The summed E-state index contributed by atoms with van der Waals surface area (Å²) in [6.07, 6.45) is 2.15. The highest BCUT2D eigenvalue weighted by Gasteiger charge is 2.44. The SMILES string of the molecule is Cc1ccc(C)c([C@@H]2C[C@H]2C(=O)NC=NN)c1. The molecule has 0 bridgehead atoms. The zero-order valence-corrected chi connectivity index (χ0v) is 10.1. The first-order valence-corrected chi connectivity index (χ1v) is 5.72. The Hall–Kier alpha value is -1.84. The fraction of sp³-hybridized carbons (Fsp3) is 0.385. The van der Waals surface area contributed by atoms with Crippen molar-refractivity contribution in [1.82, 2.24) is 5.32 Å². The monoisotopic (exact) mass is 231 g/mol. The van der Waals surface area contributed by atoms with Crippen molar-refractivity contribution in [2.45, 2.75) is 26.2 Å². The van der Waals surface area contributed by atoms with Crippen LogP contribution in [-0.2, 0) is 4.79 Å². The maximum Gasteiger partial charge on any atom is 0.228 e. The molecule has 1 aromatic rings. The van der Waals surface area contributed by atoms with Crippen molar-refractivity contribution in [1.29, 1.82) is 0 Å². The molecule has 90 valence electrons. The molecule has 0 heterocycles. The van der Waals surface area contributed by atoms with Gasteiger partial charge in [0.05, 0.1) is 0 Å². The van der Waals surface area contributed by atoms with Crippen molar-refractivity contribution >= 4 is 12.2 Å². The van der Waals surface area contributed by atoms with Crippen LogP contribution in [0.25, 0.3) is 0 Å². The van der Waals surface area contributed by atoms with E-state index < -0.39 is 0 Å². The molecule has 2 rings (SSSR count). The van der Waals surface area contributed by atoms with E-state index in [0.717, 1.165) is 6.42 Å². The third kappa shape index (κ3) is 2.46. The molecule has 1 aliphatic rings. The molecule has 0 saturated heterocycles. The van der Waals surface area contributed by atoms with Crippen LogP contribution in [0, 0.1) is 19.8 Å². The van der Waals surface area contributed by atoms with Crippen LogP contribution in [0.1, 0.15) is 29.0 Å². The molecule has 4 heteroatoms. The first-order chi connectivity index (χ1) is 8.13. The van der Waals surface area contributed by atoms with E-state index in [9.17, 15) is 4.79 Å². The number of nitrogens with two attached hydrogens (primary N) is 1. The fourth-order valence-corrected chi connectivity index (χ4v) is 2.20. The molecular formula is C13H17N3O. The number of carbonyl (C=O) groups excluding carboxylic acids is 1. The summed E-state index contributed by atoms with van der Waals surface area (Å²) < 4.78 is 0. The van der Waals surface area contributed by atoms with Gasteiger partial charge in [0.15, 0.2) is 0 Å². The van der Waals surface area contributed by atoms with Crippen molar-refractivity contribution in [3.8, 4) is 0 Å². The summed E-state index contributed by atoms with van der Waals surface area (Å²) in [5.41, 5.74) is 3.78. The second-order valence-electron chi connectivity index (χ2n) is 4.60. The first-order valence-electron chi connectivity index (χ1n) is 5.72. The lowest BCUT2D eigenvalue weighted by atomic mass is 10.0. The molecule has 4 nitrogen and oxygen atoms in total. The molecule has 1 fully saturated rings. The minimum atomic E-state index is 0.00473. The topological polar surface area (TPSA) is 67.5 Å². The summed E-state index contributed by atoms with van der Waals surface area (Å²) >= 11 is 0. The molecule has 0 spiro atoms. The minimum Gasteiger partial charge on any atom is -0.322 e. The normalized spacial score (nSPS) is 22.7. The van der Waals surface area contributed by atoms with Gasteiger partial charge in [-0.15, -0.1) is 0 Å². The number of aryl methyl sites for hydroxylation is 2. The number of nitrogens with one attached hydrogen (secondary N) is 1. The summed E-state index contributed by atoms with van der Waals surface area (Å²) in [6, 6.07) is 6.38. The number of amides is 1. The Kier molecular flexibility index (Phi) is 3.13. The van der Waals surface area contributed by atoms with Crippen LogP contribution >= 0.6 is 0 Å². The average molecular weight is 231 g/mol. The summed E-state index contributed by atoms with van der Waals surface area (Å²) in [6.45, 7) is 4.16. The molecule has 1 saturated carbocycles. The Morgan fingerprint density at radius 3 is 3.00 bits per heavy atom. The number of hydrogen-bond donors (Lipinski definition) is 2. The van der Waals surface area contributed by atoms with Gasteiger partial charge in [-0.1, -0.05) is 23.8 Å². The van der Waals surface area contributed by atoms with Gasteiger partial charge in [0.1, 0.15) is 6.34 Å². The summed E-state index contributed by atoms with van der Waals surface area (Å²) in [5, 5.41) is 5.83. The van der Waals surface area contributed by atoms with Crippen LogP contribution in [-0.4, -0.2) is 12.2 Å². The predicted molar refractivity (Wildman–Crippen MR) is 67.6 cm³/mol. The van der Waals surface area contributed by atoms with E-state index >= 15 is 0 Å². The van der Waals surface area contributed by atoms with Gasteiger partial charge in [-0.05, 0) is 37.3 Å². The van der Waals surface area contributed by atoms with E-state index in [4.69, 9.17) is 5.84 Å². The van der Waals surface area contributed by atoms with Crippen LogP contribution in [0.15, 0.2) is 23.3 Å². The first kappa shape index (κ1) is 11.6. The van der Waals surface area contributed by atoms with Gasteiger partial charge in [-0.2, -0.15) is 5.10 Å². The number of hydrogen-bond acceptors (Lipinski definition) is 3. The van der Waals surface area contributed by atoms with Gasteiger partial charge in [-0.25, -0.2) is 0 Å². The van der Waals surface area contributed by atoms with Gasteiger partial charge < -0.3 is 11.2 Å². The number of carbonyl (C=O) groups is 1. The average Bonchev–Trinajstić information content (AvgIpc) is 3.09. The van der Waals surface area contributed by atoms with E-state index in [1.165, 1.54) is 23.0 Å². The van der Waals surface area contributed by atoms with E-state index in [1.807, 2.05) is 0 Å². The van der Waals surface area contributed by atoms with Gasteiger partial charge in [0.2, 0.25) is 5.91 Å². The lowest BCUT2D eigenvalue weighted by molar-refractivity contribution is -0.120. The summed E-state index contributed by atoms with van der Waals surface area (Å²) in [5.74, 6) is 5.36. The number of benzene rings is 1. The molecule has 1 amide bonds. The predicted octanol–water partition coefficient (Wildman–Crippen LogP) is 1.43. The summed E-state index contributed by atoms with van der Waals surface area (Å²) in [7, 11) is 0. The van der Waals surface area contributed by atoms with E-state index in [-0.39, 0.29) is 11.8 Å². The molecule has 0 radical (unpaired) electrons. The van der Waals surface area contributed by atoms with Crippen molar-refractivity contribution in [3.05, 3.63) is 34.9 Å². The summed E-state index contributed by atoms with van der Waals surface area (Å²) in [4.78, 5) is 11.7. The van der Waals surface area contributed by atoms with Gasteiger partial charge in [-0.3, -0.25) is 4.79 Å². The van der Waals surface area contributed by atoms with E-state index in [0.29, 0.717) is 5.92 Å². The fourth-order valence-electron chi connectivity index (χ4n) is 2.20. The third-order valence-electron chi connectivity index (χ3n) is 3.24. The Morgan fingerprint density at radius 1 is 1.53 bits per heavy atom. The molecule has 0 aromatic heterocycles. The second-order valence-corrected chi connectivity index (χ2v) is 4.60. The highest BCUT2D eigenvalue weighted by Crippen LogP contribution is 2.48. The number of rotatable bonds is 3. The Morgan fingerprint density at radius 2 is 2.29 bits per heavy atom. The Bertz CT molecular complexity index is 468. The molecule has 1 aliphatic carbocycles. The molecule has 3 N–H and O–H groups in total. The largest absolute Gasteiger partial charge is 0.322 e. The highest BCUT2D eigenvalue weighted by atomic mass is 16.2. The van der Waals surface area contributed by atoms with E-state index in [2.05, 4.69) is 42.5 Å². The number of nitrogens with zero attached hydrogens (tertiary/aromatic N) is 1. The molecule has 17 heavy (non-hydrogen) atoms. The van der Waals surface area contributed by atoms with Crippen molar-refractivity contribution < 1.29 is 4.79 Å². The third-order valence-corrected chi connectivity index (χ3v) is 3.24. The zero-order valence-electron chi connectivity index (χ0n) is 10.1. The smallest absolute Gasteiger partial charge is 0.228 e. The zero-order chi connectivity index (χ0) is 12.4. The van der Waals surface area contributed by atoms with Gasteiger partial charge in [0, 0.05) is 5.92 Å². The van der Waals surface area contributed by atoms with Crippen LogP contribution in [0.5, 0.6) is 0 Å². The number of hydrazone groups is 1. The Balaban J connectivity index is 2.07. The van der Waals surface area contributed by atoms with Crippen LogP contribution in [0.3, 0.4) is 0 Å². The van der Waals surface area contributed by atoms with Crippen molar-refractivity contribution in [2.24, 2.45) is 16.9 Å². The standard InChI is InChI=1S/C13H17N3O/c1-8-3-4-9(2)10(5-8)11-6-12(11)13(17)15-7-16-14/h3-5,7,11-12H,6,14H2,1-2H3,(H,15,16,17)/t11-,12+/m0/s1. The van der Waals surface area contributed by atoms with E-state index in [1.54, 1.807) is 0 Å². The Labute approximate surface area is 101 Å². The molecule has 2 atom stereocenters. The lowest BCUT2D eigenvalue weighted by Gasteiger charge is -2.06. The van der Waals surface area contributed by atoms with Crippen LogP contribution in [0.2, 0.25) is 0 Å². The van der Waals surface area contributed by atoms with Crippen LogP contribution in [0.4, 0.5) is 0 Å². The minimum absolute atomic E-state index is 0.00473. The van der Waals surface area contributed by atoms with Crippen LogP contribution < -0.4 is 11.2 Å². The molecule has 0 unspecified atom stereocenters. The van der Waals surface area contributed by atoms with Gasteiger partial charge in [0.25, 0.3) is 0 Å².